The smallest absolute Gasteiger partial charge is 0.122 e. The van der Waals surface area contributed by atoms with Gasteiger partial charge in [0.15, 0.2) is 0 Å². The summed E-state index contributed by atoms with van der Waals surface area (Å²) < 4.78 is 10.5. The number of anilines is 1. The topological polar surface area (TPSA) is 50.7 Å². The molecule has 2 N–H and O–H groups in total. The molecule has 0 radical (unpaired) electrons. The normalized spacial score (nSPS) is 17.1. The average molecular weight is 251 g/mol. The van der Waals surface area contributed by atoms with Gasteiger partial charge in [-0.1, -0.05) is 0 Å². The average Bonchev–Trinajstić information content (AvgIpc) is 2.33. The van der Waals surface area contributed by atoms with Crippen molar-refractivity contribution in [1.29, 1.82) is 0 Å². The van der Waals surface area contributed by atoms with Crippen molar-refractivity contribution >= 4 is 5.69 Å². The molecule has 1 fully saturated rings. The van der Waals surface area contributed by atoms with Gasteiger partial charge in [0.1, 0.15) is 5.75 Å². The summed E-state index contributed by atoms with van der Waals surface area (Å²) in [4.78, 5) is 0. The van der Waals surface area contributed by atoms with Crippen molar-refractivity contribution in [1.82, 2.24) is 0 Å². The maximum Gasteiger partial charge on any atom is 0.122 e. The number of methoxy groups -OCH3 is 1. The highest BCUT2D eigenvalue weighted by atomic mass is 16.5. The molecule has 0 aliphatic carbocycles. The Bertz CT molecular complexity index is 422. The van der Waals surface area contributed by atoms with Gasteiger partial charge in [-0.25, -0.2) is 0 Å². The maximum absolute atomic E-state index is 9.38. The van der Waals surface area contributed by atoms with Gasteiger partial charge >= 0.3 is 0 Å². The first-order valence-corrected chi connectivity index (χ1v) is 6.18. The van der Waals surface area contributed by atoms with E-state index in [2.05, 4.69) is 12.2 Å². The molecule has 2 rings (SSSR count). The number of hydrogen-bond donors (Lipinski definition) is 2. The van der Waals surface area contributed by atoms with Gasteiger partial charge in [0, 0.05) is 12.2 Å². The largest absolute Gasteiger partial charge is 0.496 e. The molecule has 1 aliphatic heterocycles. The van der Waals surface area contributed by atoms with E-state index in [9.17, 15) is 5.11 Å². The number of aliphatic hydroxyl groups is 1. The molecule has 1 saturated heterocycles. The first kappa shape index (κ1) is 13.2. The summed E-state index contributed by atoms with van der Waals surface area (Å²) in [5.74, 6) is 0.905. The van der Waals surface area contributed by atoms with Crippen molar-refractivity contribution in [2.75, 3.05) is 38.8 Å². The third kappa shape index (κ3) is 2.31. The van der Waals surface area contributed by atoms with E-state index >= 15 is 0 Å². The van der Waals surface area contributed by atoms with Crippen LogP contribution in [0, 0.1) is 19.3 Å². The summed E-state index contributed by atoms with van der Waals surface area (Å²) in [6.07, 6.45) is 0. The Balaban J connectivity index is 2.08. The maximum atomic E-state index is 9.38. The minimum absolute atomic E-state index is 0.111. The van der Waals surface area contributed by atoms with E-state index in [0.717, 1.165) is 23.5 Å². The fourth-order valence-corrected chi connectivity index (χ4v) is 2.13. The molecule has 0 saturated carbocycles. The van der Waals surface area contributed by atoms with E-state index in [1.807, 2.05) is 19.1 Å². The minimum atomic E-state index is -0.111. The second kappa shape index (κ2) is 5.16. The van der Waals surface area contributed by atoms with Crippen molar-refractivity contribution in [2.24, 2.45) is 5.41 Å². The Labute approximate surface area is 108 Å². The van der Waals surface area contributed by atoms with Crippen LogP contribution in [-0.4, -0.2) is 38.6 Å². The molecule has 100 valence electrons. The van der Waals surface area contributed by atoms with E-state index in [-0.39, 0.29) is 12.0 Å². The Hall–Kier alpha value is -1.26. The van der Waals surface area contributed by atoms with Crippen LogP contribution in [0.1, 0.15) is 11.1 Å². The van der Waals surface area contributed by atoms with Gasteiger partial charge in [-0.3, -0.25) is 0 Å². The lowest BCUT2D eigenvalue weighted by Crippen LogP contribution is -2.50. The highest BCUT2D eigenvalue weighted by Gasteiger charge is 2.37. The van der Waals surface area contributed by atoms with Crippen molar-refractivity contribution in [3.63, 3.8) is 0 Å². The zero-order chi connectivity index (χ0) is 13.2. The van der Waals surface area contributed by atoms with E-state index in [0.29, 0.717) is 13.2 Å². The second-order valence-electron chi connectivity index (χ2n) is 5.07. The monoisotopic (exact) mass is 251 g/mol. The summed E-state index contributed by atoms with van der Waals surface area (Å²) in [7, 11) is 1.68. The molecule has 1 aliphatic rings. The van der Waals surface area contributed by atoms with Crippen LogP contribution in [0.5, 0.6) is 5.75 Å². The van der Waals surface area contributed by atoms with Crippen LogP contribution in [0.2, 0.25) is 0 Å². The Morgan fingerprint density at radius 2 is 2.06 bits per heavy atom. The van der Waals surface area contributed by atoms with Gasteiger partial charge in [0.2, 0.25) is 0 Å². The predicted molar refractivity (Wildman–Crippen MR) is 71.3 cm³/mol. The summed E-state index contributed by atoms with van der Waals surface area (Å²) in [5.41, 5.74) is 3.31. The first-order valence-electron chi connectivity index (χ1n) is 6.18. The second-order valence-corrected chi connectivity index (χ2v) is 5.07. The highest BCUT2D eigenvalue weighted by Crippen LogP contribution is 2.30. The molecule has 18 heavy (non-hydrogen) atoms. The molecular weight excluding hydrogens is 230 g/mol. The van der Waals surface area contributed by atoms with Crippen LogP contribution in [0.3, 0.4) is 0 Å². The zero-order valence-electron chi connectivity index (χ0n) is 11.2. The van der Waals surface area contributed by atoms with Crippen LogP contribution in [-0.2, 0) is 4.74 Å². The van der Waals surface area contributed by atoms with Crippen LogP contribution in [0.4, 0.5) is 5.69 Å². The molecule has 1 heterocycles. The highest BCUT2D eigenvalue weighted by molar-refractivity contribution is 5.58. The molecule has 4 nitrogen and oxygen atoms in total. The van der Waals surface area contributed by atoms with E-state index in [4.69, 9.17) is 9.47 Å². The molecule has 1 aromatic carbocycles. The van der Waals surface area contributed by atoms with Crippen molar-refractivity contribution in [3.05, 3.63) is 23.3 Å². The third-order valence-electron chi connectivity index (χ3n) is 3.76. The Morgan fingerprint density at radius 3 is 2.56 bits per heavy atom. The summed E-state index contributed by atoms with van der Waals surface area (Å²) >= 11 is 0. The minimum Gasteiger partial charge on any atom is -0.496 e. The third-order valence-corrected chi connectivity index (χ3v) is 3.76. The van der Waals surface area contributed by atoms with Crippen LogP contribution in [0.25, 0.3) is 0 Å². The number of benzene rings is 1. The van der Waals surface area contributed by atoms with Crippen LogP contribution < -0.4 is 10.1 Å². The standard InChI is InChI=1S/C14H21NO3/c1-10-11(2)13(17-3)5-4-12(10)15-6-14(7-16)8-18-9-14/h4-5,15-16H,6-9H2,1-3H3. The summed E-state index contributed by atoms with van der Waals surface area (Å²) in [6, 6.07) is 3.99. The van der Waals surface area contributed by atoms with E-state index in [1.54, 1.807) is 7.11 Å². The number of rotatable bonds is 5. The van der Waals surface area contributed by atoms with Crippen LogP contribution >= 0.6 is 0 Å². The Kier molecular flexibility index (Phi) is 3.78. The number of nitrogens with one attached hydrogen (secondary N) is 1. The molecule has 0 spiro atoms. The van der Waals surface area contributed by atoms with Crippen LogP contribution in [0.15, 0.2) is 12.1 Å². The molecule has 1 aromatic rings. The first-order chi connectivity index (χ1) is 8.62. The lowest BCUT2D eigenvalue weighted by atomic mass is 9.87. The van der Waals surface area contributed by atoms with Gasteiger partial charge in [0.25, 0.3) is 0 Å². The van der Waals surface area contributed by atoms with Gasteiger partial charge in [-0.2, -0.15) is 0 Å². The molecule has 0 bridgehead atoms. The predicted octanol–water partition coefficient (Wildman–Crippen LogP) is 1.73. The molecule has 0 aromatic heterocycles. The van der Waals surface area contributed by atoms with Gasteiger partial charge < -0.3 is 19.9 Å². The van der Waals surface area contributed by atoms with Gasteiger partial charge in [-0.15, -0.1) is 0 Å². The van der Waals surface area contributed by atoms with Crippen molar-refractivity contribution in [3.8, 4) is 5.75 Å². The molecule has 0 amide bonds. The van der Waals surface area contributed by atoms with E-state index < -0.39 is 0 Å². The lowest BCUT2D eigenvalue weighted by Gasteiger charge is -2.40. The zero-order valence-corrected chi connectivity index (χ0v) is 11.2. The van der Waals surface area contributed by atoms with Crippen molar-refractivity contribution in [2.45, 2.75) is 13.8 Å². The summed E-state index contributed by atoms with van der Waals surface area (Å²) in [5, 5.41) is 12.8. The lowest BCUT2D eigenvalue weighted by molar-refractivity contribution is -0.128. The number of ether oxygens (including phenoxy) is 2. The van der Waals surface area contributed by atoms with Gasteiger partial charge in [0.05, 0.1) is 32.3 Å². The van der Waals surface area contributed by atoms with Gasteiger partial charge in [-0.05, 0) is 37.1 Å². The fourth-order valence-electron chi connectivity index (χ4n) is 2.13. The quantitative estimate of drug-likeness (QED) is 0.837. The van der Waals surface area contributed by atoms with E-state index in [1.165, 1.54) is 5.56 Å². The molecule has 4 heteroatoms. The molecule has 0 atom stereocenters. The number of hydrogen-bond acceptors (Lipinski definition) is 4. The van der Waals surface area contributed by atoms with Crippen molar-refractivity contribution < 1.29 is 14.6 Å². The fraction of sp³-hybridized carbons (Fsp3) is 0.571. The number of aliphatic hydroxyl groups excluding tert-OH is 1. The SMILES string of the molecule is COc1ccc(NCC2(CO)COC2)c(C)c1C. The molecular formula is C14H21NO3. The molecule has 0 unspecified atom stereocenters. The Morgan fingerprint density at radius 1 is 1.33 bits per heavy atom. The summed E-state index contributed by atoms with van der Waals surface area (Å²) in [6.45, 7) is 6.27.